The summed E-state index contributed by atoms with van der Waals surface area (Å²) in [4.78, 5) is 148. The number of likely N-dealkylation sites (tertiary alicyclic amines) is 1. The lowest BCUT2D eigenvalue weighted by Crippen LogP contribution is -2.59. The second-order valence-electron chi connectivity index (χ2n) is 20.5. The minimum Gasteiger partial charge on any atom is -0.458 e. The number of carbonyl (C=O) groups excluding carboxylic acids is 9. The molecule has 31 heteroatoms. The Balaban J connectivity index is 1.05. The minimum atomic E-state index is -1.98. The third-order valence-electron chi connectivity index (χ3n) is 14.5. The van der Waals surface area contributed by atoms with Gasteiger partial charge in [-0.25, -0.2) is 9.78 Å². The first-order chi connectivity index (χ1) is 40.5. The van der Waals surface area contributed by atoms with Crippen LogP contribution in [0.1, 0.15) is 94.2 Å². The molecule has 0 spiro atoms. The van der Waals surface area contributed by atoms with E-state index in [0.717, 1.165) is 16.7 Å². The largest absolute Gasteiger partial charge is 0.458 e. The number of aromatic nitrogens is 2. The van der Waals surface area contributed by atoms with Gasteiger partial charge < -0.3 is 80.1 Å². The molecule has 3 aliphatic rings. The van der Waals surface area contributed by atoms with Gasteiger partial charge in [0.2, 0.25) is 41.4 Å². The summed E-state index contributed by atoms with van der Waals surface area (Å²) >= 11 is 2.36. The van der Waals surface area contributed by atoms with E-state index in [9.17, 15) is 53.1 Å². The number of carbonyl (C=O) groups is 9. The van der Waals surface area contributed by atoms with E-state index in [1.165, 1.54) is 29.4 Å². The number of guanidine groups is 2. The van der Waals surface area contributed by atoms with Crippen molar-refractivity contribution in [1.82, 2.24) is 41.0 Å². The maximum atomic E-state index is 14.2. The number of aliphatic imine (C=N–C) groups is 2. The van der Waals surface area contributed by atoms with Crippen molar-refractivity contribution in [2.24, 2.45) is 44.4 Å². The molecule has 1 aromatic carbocycles. The van der Waals surface area contributed by atoms with E-state index in [4.69, 9.17) is 48.9 Å². The topological polar surface area (TPSA) is 471 Å². The third kappa shape index (κ3) is 17.2. The maximum Gasteiger partial charge on any atom is 0.343 e. The Hall–Kier alpha value is -7.87. The molecule has 85 heavy (non-hydrogen) atoms. The highest BCUT2D eigenvalue weighted by atomic mass is 32.2. The molecule has 2 aromatic heterocycles. The standard InChI is InChI=1S/C54H76N16O13S2/c1-4-54(81)32-23-39-43-29(25-70(39)49(78)31(32)26-82-51(54)80)21-28-22-30(12-13-34(28)64-43)83-42(72)14-19-69-41(71)24-40(50(69)79)85-27-33(56)44(73)65-36(10-7-17-62-52(57)58)46(75)67-37(11-8-18-63-53(59)60)47(76)68-38(15-20-84-3)48(77)66-35(45(74)61-2)9-5-6-16-55/h12-13,21-23,33,35-38,40,81H,4-11,14-20,24-27,55-56H2,1-3H3,(H,61,74)(H,65,73)(H,66,77)(H,67,75)(H,68,76)(H4,57,58,62)(H4,59,60,63)/t33?,35-,36-,37-,38-,40?,54-/m0/s1. The fraction of sp³-hybridized carbons (Fsp3) is 0.537. The van der Waals surface area contributed by atoms with Gasteiger partial charge in [-0.05, 0) is 107 Å². The van der Waals surface area contributed by atoms with Crippen molar-refractivity contribution in [2.45, 2.75) is 132 Å². The molecule has 0 bridgehead atoms. The van der Waals surface area contributed by atoms with Gasteiger partial charge in [0.05, 0.1) is 46.7 Å². The Labute approximate surface area is 498 Å². The average molecular weight is 1220 g/mol. The van der Waals surface area contributed by atoms with Crippen molar-refractivity contribution in [1.29, 1.82) is 0 Å². The van der Waals surface area contributed by atoms with Crippen LogP contribution in [-0.4, -0.2) is 171 Å². The van der Waals surface area contributed by atoms with E-state index in [1.807, 2.05) is 6.26 Å². The number of unbranched alkanes of at least 4 members (excludes halogenated alkanes) is 1. The number of amides is 7. The quantitative estimate of drug-likeness (QED) is 0.00588. The highest BCUT2D eigenvalue weighted by molar-refractivity contribution is 8.00. The minimum absolute atomic E-state index is 0.00222. The lowest BCUT2D eigenvalue weighted by Gasteiger charge is -2.31. The number of nitrogens with two attached hydrogens (primary N) is 6. The van der Waals surface area contributed by atoms with Gasteiger partial charge in [0.25, 0.3) is 5.56 Å². The number of rotatable bonds is 32. The molecule has 7 atom stereocenters. The van der Waals surface area contributed by atoms with Crippen LogP contribution in [0.5, 0.6) is 5.75 Å². The molecular weight excluding hydrogens is 1140 g/mol. The number of cyclic esters (lactones) is 1. The Morgan fingerprint density at radius 2 is 1.44 bits per heavy atom. The Kier molecular flexibility index (Phi) is 24.0. The summed E-state index contributed by atoms with van der Waals surface area (Å²) in [5.74, 6) is -6.13. The van der Waals surface area contributed by atoms with Gasteiger partial charge in [0.15, 0.2) is 17.5 Å². The van der Waals surface area contributed by atoms with Crippen LogP contribution in [-0.2, 0) is 66.6 Å². The number of thioether (sulfide) groups is 2. The first-order valence-corrected chi connectivity index (χ1v) is 30.2. The first-order valence-electron chi connectivity index (χ1n) is 27.8. The highest BCUT2D eigenvalue weighted by Crippen LogP contribution is 2.39. The molecule has 2 unspecified atom stereocenters. The predicted octanol–water partition coefficient (Wildman–Crippen LogP) is -2.76. The van der Waals surface area contributed by atoms with Crippen molar-refractivity contribution in [2.75, 3.05) is 51.0 Å². The van der Waals surface area contributed by atoms with Crippen LogP contribution in [0.4, 0.5) is 0 Å². The molecule has 6 rings (SSSR count). The third-order valence-corrected chi connectivity index (χ3v) is 16.5. The fourth-order valence-corrected chi connectivity index (χ4v) is 11.4. The van der Waals surface area contributed by atoms with Crippen LogP contribution >= 0.6 is 23.5 Å². The van der Waals surface area contributed by atoms with Gasteiger partial charge in [-0.2, -0.15) is 11.8 Å². The summed E-state index contributed by atoms with van der Waals surface area (Å²) in [5.41, 5.74) is 34.1. The van der Waals surface area contributed by atoms with Gasteiger partial charge in [-0.1, -0.05) is 6.92 Å². The molecule has 1 fully saturated rings. The normalized spacial score (nSPS) is 17.6. The number of benzene rings is 1. The molecule has 0 saturated carbocycles. The first kappa shape index (κ1) is 66.3. The molecular formula is C54H76N16O13S2. The van der Waals surface area contributed by atoms with Gasteiger partial charge in [-0.3, -0.25) is 58.0 Å². The number of esters is 2. The van der Waals surface area contributed by atoms with Crippen LogP contribution in [0.15, 0.2) is 45.1 Å². The molecule has 18 N–H and O–H groups in total. The summed E-state index contributed by atoms with van der Waals surface area (Å²) in [6.45, 7) is 1.75. The number of likely N-dealkylation sites (N-methyl/N-ethyl adjacent to an activating group) is 1. The summed E-state index contributed by atoms with van der Waals surface area (Å²) in [7, 11) is 1.44. The highest BCUT2D eigenvalue weighted by Gasteiger charge is 2.46. The van der Waals surface area contributed by atoms with Gasteiger partial charge in [0, 0.05) is 55.4 Å². The van der Waals surface area contributed by atoms with E-state index in [1.54, 1.807) is 31.2 Å². The molecule has 29 nitrogen and oxygen atoms in total. The van der Waals surface area contributed by atoms with E-state index in [0.29, 0.717) is 59.4 Å². The van der Waals surface area contributed by atoms with Gasteiger partial charge in [0.1, 0.15) is 36.5 Å². The van der Waals surface area contributed by atoms with Crippen LogP contribution in [0.2, 0.25) is 0 Å². The van der Waals surface area contributed by atoms with Crippen LogP contribution < -0.4 is 71.3 Å². The van der Waals surface area contributed by atoms with Crippen LogP contribution in [0.25, 0.3) is 22.3 Å². The smallest absolute Gasteiger partial charge is 0.343 e. The van der Waals surface area contributed by atoms with E-state index < -0.39 is 99.9 Å². The molecule has 462 valence electrons. The summed E-state index contributed by atoms with van der Waals surface area (Å²) in [5, 5.41) is 24.1. The fourth-order valence-electron chi connectivity index (χ4n) is 9.81. The number of pyridine rings is 2. The summed E-state index contributed by atoms with van der Waals surface area (Å²) in [6, 6.07) is 2.17. The predicted molar refractivity (Wildman–Crippen MR) is 318 cm³/mol. The Morgan fingerprint density at radius 3 is 2.02 bits per heavy atom. The van der Waals surface area contributed by atoms with Crippen molar-refractivity contribution >= 4 is 99.6 Å². The Morgan fingerprint density at radius 1 is 0.835 bits per heavy atom. The average Bonchev–Trinajstić information content (AvgIpc) is 3.20. The van der Waals surface area contributed by atoms with Crippen LogP contribution in [0, 0.1) is 0 Å². The molecule has 1 saturated heterocycles. The molecule has 7 amide bonds. The number of hydrogen-bond acceptors (Lipinski definition) is 20. The molecule has 5 heterocycles. The second-order valence-corrected chi connectivity index (χ2v) is 22.7. The van der Waals surface area contributed by atoms with Gasteiger partial charge >= 0.3 is 11.9 Å². The zero-order valence-corrected chi connectivity index (χ0v) is 49.3. The number of aliphatic hydroxyl groups is 1. The van der Waals surface area contributed by atoms with Crippen molar-refractivity contribution in [3.63, 3.8) is 0 Å². The van der Waals surface area contributed by atoms with Crippen molar-refractivity contribution in [3.8, 4) is 17.1 Å². The molecule has 3 aliphatic heterocycles. The number of ether oxygens (including phenoxy) is 2. The van der Waals surface area contributed by atoms with Gasteiger partial charge in [-0.15, -0.1) is 11.8 Å². The maximum absolute atomic E-state index is 14.2. The number of imide groups is 1. The Bertz CT molecular complexity index is 3140. The molecule has 0 radical (unpaired) electrons. The van der Waals surface area contributed by atoms with Crippen LogP contribution in [0.3, 0.4) is 0 Å². The SMILES string of the molecule is CC[C@@]1(O)C(=O)OCc2c1cc1n(c2=O)Cc2cc3cc(OC(=O)CCN4C(=O)CC(SCC(N)C(=O)N[C@@H](CCCN=C(N)N)C(=O)N[C@@H](CCCN=C(N)N)C(=O)N[C@@H](CCSC)C(=O)N[C@@H](CCCCN)C(=O)NC)C4=O)ccc3nc2-1. The summed E-state index contributed by atoms with van der Waals surface area (Å²) in [6.07, 6.45) is 3.17. The molecule has 0 aliphatic carbocycles. The molecule has 3 aromatic rings. The zero-order valence-electron chi connectivity index (χ0n) is 47.6. The lowest BCUT2D eigenvalue weighted by molar-refractivity contribution is -0.172. The monoisotopic (exact) mass is 1220 g/mol. The number of nitrogens with one attached hydrogen (secondary N) is 5. The number of hydrogen-bond donors (Lipinski definition) is 12. The number of nitrogens with zero attached hydrogens (tertiary/aromatic N) is 5. The van der Waals surface area contributed by atoms with E-state index in [-0.39, 0.29) is 119 Å². The summed E-state index contributed by atoms with van der Waals surface area (Å²) < 4.78 is 12.3. The second kappa shape index (κ2) is 30.8. The lowest BCUT2D eigenvalue weighted by atomic mass is 9.86. The van der Waals surface area contributed by atoms with E-state index in [2.05, 4.69) is 36.6 Å². The van der Waals surface area contributed by atoms with Crippen molar-refractivity contribution < 1.29 is 57.7 Å². The number of fused-ring (bicyclic) bond motifs is 5. The van der Waals surface area contributed by atoms with Crippen molar-refractivity contribution in [3.05, 3.63) is 57.4 Å². The zero-order chi connectivity index (χ0) is 62.1. The van der Waals surface area contributed by atoms with E-state index >= 15 is 0 Å².